The van der Waals surface area contributed by atoms with Gasteiger partial charge in [0.1, 0.15) is 76.0 Å². The molecule has 0 aromatic carbocycles. The van der Waals surface area contributed by atoms with Crippen molar-refractivity contribution in [3.63, 3.8) is 0 Å². The summed E-state index contributed by atoms with van der Waals surface area (Å²) in [7, 11) is 0. The summed E-state index contributed by atoms with van der Waals surface area (Å²) in [5.74, 6) is -10.7. The number of amides is 15. The maximum absolute atomic E-state index is 14.5. The van der Waals surface area contributed by atoms with Gasteiger partial charge in [-0.3, -0.25) is 71.9 Å². The topological polar surface area (TPSA) is 444 Å². The molecule has 14 N–H and O–H groups in total. The molecule has 3 saturated heterocycles. The molecule has 0 unspecified atom stereocenters. The first-order valence-electron chi connectivity index (χ1n) is 35.8. The number of nitrogens with zero attached hydrogens (tertiary/aromatic N) is 3. The Labute approximate surface area is 596 Å². The van der Waals surface area contributed by atoms with Crippen molar-refractivity contribution in [3.8, 4) is 0 Å². The fourth-order valence-electron chi connectivity index (χ4n) is 12.7. The van der Waals surface area contributed by atoms with E-state index >= 15 is 0 Å². The summed E-state index contributed by atoms with van der Waals surface area (Å²) in [6.45, 7) is 32.4. The molecular weight excluding hydrogens is 1310 g/mol. The van der Waals surface area contributed by atoms with E-state index in [1.54, 1.807) is 34.6 Å². The van der Waals surface area contributed by atoms with E-state index < -0.39 is 177 Å². The summed E-state index contributed by atoms with van der Waals surface area (Å²) in [6.07, 6.45) is 2.84. The zero-order valence-corrected chi connectivity index (χ0v) is 63.5. The Morgan fingerprint density at radius 2 is 0.861 bits per heavy atom. The molecule has 31 nitrogen and oxygen atoms in total. The highest BCUT2D eigenvalue weighted by molar-refractivity contribution is 6.02. The van der Waals surface area contributed by atoms with Gasteiger partial charge in [-0.1, -0.05) is 68.7 Å². The molecule has 572 valence electrons. The van der Waals surface area contributed by atoms with Crippen molar-refractivity contribution in [1.29, 1.82) is 0 Å². The minimum atomic E-state index is -1.68. The van der Waals surface area contributed by atoms with E-state index in [1.807, 2.05) is 27.7 Å². The normalized spacial score (nSPS) is 19.2. The van der Waals surface area contributed by atoms with Gasteiger partial charge >= 0.3 is 0 Å². The molecular formula is C70H121N15O16. The highest BCUT2D eigenvalue weighted by atomic mass is 16.3. The van der Waals surface area contributed by atoms with Gasteiger partial charge in [-0.05, 0) is 164 Å². The van der Waals surface area contributed by atoms with Crippen LogP contribution in [0.5, 0.6) is 0 Å². The Bertz CT molecular complexity index is 3020. The number of hydrogen-bond acceptors (Lipinski definition) is 16. The van der Waals surface area contributed by atoms with Crippen LogP contribution in [0.15, 0.2) is 0 Å². The second-order valence-corrected chi connectivity index (χ2v) is 31.3. The summed E-state index contributed by atoms with van der Waals surface area (Å²) in [6, 6.07) is -9.81. The molecule has 101 heavy (non-hydrogen) atoms. The van der Waals surface area contributed by atoms with Crippen LogP contribution in [0.4, 0.5) is 0 Å². The number of primary amides is 1. The van der Waals surface area contributed by atoms with Crippen LogP contribution in [-0.2, 0) is 71.9 Å². The largest absolute Gasteiger partial charge is 0.394 e. The van der Waals surface area contributed by atoms with Crippen molar-refractivity contribution >= 4 is 88.6 Å². The Morgan fingerprint density at radius 3 is 1.26 bits per heavy atom. The van der Waals surface area contributed by atoms with E-state index in [-0.39, 0.29) is 88.9 Å². The average molecular weight is 1430 g/mol. The van der Waals surface area contributed by atoms with Crippen molar-refractivity contribution < 1.29 is 77.0 Å². The van der Waals surface area contributed by atoms with Gasteiger partial charge < -0.3 is 84.0 Å². The average Bonchev–Trinajstić information content (AvgIpc) is 1.73. The lowest BCUT2D eigenvalue weighted by molar-refractivity contribution is -0.146. The molecule has 0 radical (unpaired) electrons. The van der Waals surface area contributed by atoms with Gasteiger partial charge in [0.2, 0.25) is 88.6 Å². The molecule has 3 rings (SSSR count). The lowest BCUT2D eigenvalue weighted by Crippen LogP contribution is -2.65. The molecule has 15 amide bonds. The van der Waals surface area contributed by atoms with Crippen molar-refractivity contribution in [1.82, 2.24) is 73.2 Å². The van der Waals surface area contributed by atoms with Crippen LogP contribution in [0, 0.1) is 23.7 Å². The number of carbonyl (C=O) groups excluding carboxylic acids is 15. The predicted molar refractivity (Wildman–Crippen MR) is 376 cm³/mol. The highest BCUT2D eigenvalue weighted by Crippen LogP contribution is 2.27. The zero-order chi connectivity index (χ0) is 77.2. The summed E-state index contributed by atoms with van der Waals surface area (Å²) in [5, 5.41) is 39.7. The van der Waals surface area contributed by atoms with E-state index in [0.717, 1.165) is 0 Å². The van der Waals surface area contributed by atoms with E-state index in [1.165, 1.54) is 90.9 Å². The van der Waals surface area contributed by atoms with Crippen LogP contribution in [0.1, 0.15) is 222 Å². The van der Waals surface area contributed by atoms with Crippen molar-refractivity contribution in [3.05, 3.63) is 0 Å². The maximum Gasteiger partial charge on any atom is 0.248 e. The molecule has 3 fully saturated rings. The molecule has 11 atom stereocenters. The fourth-order valence-corrected chi connectivity index (χ4v) is 12.7. The Hall–Kier alpha value is -7.99. The summed E-state index contributed by atoms with van der Waals surface area (Å²) in [5.41, 5.74) is -2.57. The molecule has 3 aliphatic rings. The minimum Gasteiger partial charge on any atom is -0.394 e. The highest BCUT2D eigenvalue weighted by Gasteiger charge is 2.48. The molecule has 0 bridgehead atoms. The van der Waals surface area contributed by atoms with Crippen LogP contribution in [-0.4, -0.2) is 217 Å². The lowest BCUT2D eigenvalue weighted by Gasteiger charge is -2.36. The van der Waals surface area contributed by atoms with E-state index in [9.17, 15) is 77.0 Å². The number of aliphatic hydroxyl groups is 1. The third-order valence-electron chi connectivity index (χ3n) is 18.9. The molecule has 0 aromatic rings. The number of hydrogen-bond donors (Lipinski definition) is 13. The number of nitrogens with one attached hydrogen (secondary N) is 11. The van der Waals surface area contributed by atoms with Gasteiger partial charge in [0.05, 0.1) is 12.6 Å². The van der Waals surface area contributed by atoms with Gasteiger partial charge in [0.25, 0.3) is 0 Å². The SMILES string of the molecule is CC[C@H](C)[C@H](NC(=O)[C@H](C)NC(=O)[C@@H]1CCCN1C(=O)C(C)(C)NC(=O)[C@H](CC(C)C)NC(=O)[C@H](CCC(N)=O)NC(=O)[C@@](C)(CC)NC(C)=O)C(=O)NC(C)(C)C(=O)N1CCC[C@H]1C(=O)NC(C)(C)C(=O)N[C@@H](CC(C)C)C(=O)NC(C)(C)C(=O)N1CCC[C@H]1C(=O)N[C@H](CO)CC(C)C. The van der Waals surface area contributed by atoms with Crippen LogP contribution in [0.3, 0.4) is 0 Å². The number of carbonyl (C=O) groups is 15. The molecule has 31 heteroatoms. The first-order valence-corrected chi connectivity index (χ1v) is 35.8. The van der Waals surface area contributed by atoms with Gasteiger partial charge in [-0.25, -0.2) is 0 Å². The van der Waals surface area contributed by atoms with E-state index in [4.69, 9.17) is 5.73 Å². The summed E-state index contributed by atoms with van der Waals surface area (Å²) in [4.78, 5) is 211. The monoisotopic (exact) mass is 1430 g/mol. The van der Waals surface area contributed by atoms with Gasteiger partial charge in [0, 0.05) is 33.0 Å². The Morgan fingerprint density at radius 1 is 0.455 bits per heavy atom. The number of aliphatic hydroxyl groups excluding tert-OH is 1. The molecule has 0 spiro atoms. The van der Waals surface area contributed by atoms with E-state index in [2.05, 4.69) is 58.5 Å². The van der Waals surface area contributed by atoms with Crippen molar-refractivity contribution in [2.24, 2.45) is 29.4 Å². The third-order valence-corrected chi connectivity index (χ3v) is 18.9. The standard InChI is InChI=1S/C70H121N15O16/c1-21-41(9)52(77-53(89)42(10)72-57(93)48-26-23-31-83(48)63(99)67(14,15)79-55(91)46(35-39(5)6)74-54(90)45(29-30-51(71)88)75-62(98)70(20,22-2)78-43(11)87)60(96)82-69(18,19)65(101)85-33-25-28-50(85)59(95)81-66(12,13)61(97)76-47(36-40(7)8)56(92)80-68(16,17)64(100)84-32-24-27-49(84)58(94)73-44(37-86)34-38(3)4/h38-42,44-50,52,86H,21-37H2,1-20H3,(H2,71,88)(H,72,93)(H,73,94)(H,74,90)(H,75,98)(H,76,97)(H,77,89)(H,78,87)(H,79,91)(H,80,92)(H,81,95)(H,82,96)/t41-,42-,44-,45-,46-,47-,48-,49-,50-,52-,70+/m0/s1. The van der Waals surface area contributed by atoms with Crippen LogP contribution < -0.4 is 64.2 Å². The second kappa shape index (κ2) is 37.3. The zero-order valence-electron chi connectivity index (χ0n) is 63.5. The number of rotatable bonds is 37. The number of likely N-dealkylation sites (tertiary alicyclic amines) is 3. The van der Waals surface area contributed by atoms with E-state index in [0.29, 0.717) is 38.5 Å². The van der Waals surface area contributed by atoms with Gasteiger partial charge in [-0.15, -0.1) is 0 Å². The quantitative estimate of drug-likeness (QED) is 0.0396. The molecule has 0 aromatic heterocycles. The van der Waals surface area contributed by atoms with Crippen molar-refractivity contribution in [2.75, 3.05) is 26.2 Å². The van der Waals surface area contributed by atoms with Gasteiger partial charge in [0.15, 0.2) is 0 Å². The van der Waals surface area contributed by atoms with Crippen LogP contribution in [0.25, 0.3) is 0 Å². The van der Waals surface area contributed by atoms with Gasteiger partial charge in [-0.2, -0.15) is 0 Å². The summed E-state index contributed by atoms with van der Waals surface area (Å²) < 4.78 is 0. The summed E-state index contributed by atoms with van der Waals surface area (Å²) >= 11 is 0. The number of nitrogens with two attached hydrogens (primary N) is 1. The van der Waals surface area contributed by atoms with Crippen LogP contribution in [0.2, 0.25) is 0 Å². The van der Waals surface area contributed by atoms with Crippen LogP contribution >= 0.6 is 0 Å². The Kier molecular flexibility index (Phi) is 32.2. The maximum atomic E-state index is 14.5. The first kappa shape index (κ1) is 87.2. The lowest BCUT2D eigenvalue weighted by atomic mass is 9.95. The smallest absolute Gasteiger partial charge is 0.248 e. The third kappa shape index (κ3) is 24.9. The molecule has 0 aliphatic carbocycles. The second-order valence-electron chi connectivity index (χ2n) is 31.3. The first-order chi connectivity index (χ1) is 46.6. The predicted octanol–water partition coefficient (Wildman–Crippen LogP) is 0.214. The fraction of sp³-hybridized carbons (Fsp3) is 0.786. The minimum absolute atomic E-state index is 0.0735. The Balaban J connectivity index is 1.70. The molecule has 3 aliphatic heterocycles. The molecule has 0 saturated carbocycles. The molecule has 3 heterocycles. The van der Waals surface area contributed by atoms with Crippen molar-refractivity contribution in [2.45, 2.75) is 304 Å².